The third-order valence-corrected chi connectivity index (χ3v) is 8.23. The van der Waals surface area contributed by atoms with Crippen molar-refractivity contribution in [2.45, 2.75) is 25.3 Å². The minimum Gasteiger partial charge on any atom is -0.383 e. The van der Waals surface area contributed by atoms with Crippen LogP contribution in [0.3, 0.4) is 0 Å². The van der Waals surface area contributed by atoms with Gasteiger partial charge in [-0.25, -0.2) is 8.42 Å². The molecule has 0 fully saturated rings. The highest BCUT2D eigenvalue weighted by molar-refractivity contribution is 7.89. The third kappa shape index (κ3) is 4.91. The summed E-state index contributed by atoms with van der Waals surface area (Å²) in [6, 6.07) is 11.4. The third-order valence-electron chi connectivity index (χ3n) is 4.81. The molecule has 0 radical (unpaired) electrons. The van der Waals surface area contributed by atoms with Crippen molar-refractivity contribution in [2.24, 2.45) is 4.99 Å². The number of halogens is 1. The predicted molar refractivity (Wildman–Crippen MR) is 123 cm³/mol. The van der Waals surface area contributed by atoms with Gasteiger partial charge in [-0.05, 0) is 36.4 Å². The second kappa shape index (κ2) is 10.1. The first-order valence-corrected chi connectivity index (χ1v) is 12.4. The minimum absolute atomic E-state index is 0.150. The summed E-state index contributed by atoms with van der Waals surface area (Å²) in [7, 11) is -1.98. The molecule has 0 spiro atoms. The number of aromatic nitrogens is 1. The summed E-state index contributed by atoms with van der Waals surface area (Å²) in [5.41, 5.74) is 1.11. The lowest BCUT2D eigenvalue weighted by atomic mass is 10.2. The van der Waals surface area contributed by atoms with Gasteiger partial charge in [0.25, 0.3) is 5.91 Å². The maximum atomic E-state index is 12.8. The van der Waals surface area contributed by atoms with Crippen molar-refractivity contribution >= 4 is 49.1 Å². The van der Waals surface area contributed by atoms with Crippen molar-refractivity contribution in [1.82, 2.24) is 8.87 Å². The molecule has 0 saturated carbocycles. The average molecular weight is 482 g/mol. The number of benzene rings is 2. The Balaban J connectivity index is 1.99. The van der Waals surface area contributed by atoms with Gasteiger partial charge in [0.15, 0.2) is 4.80 Å². The van der Waals surface area contributed by atoms with Crippen molar-refractivity contribution in [3.63, 3.8) is 0 Å². The van der Waals surface area contributed by atoms with Gasteiger partial charge in [-0.1, -0.05) is 42.9 Å². The van der Waals surface area contributed by atoms with Crippen LogP contribution in [-0.2, 0) is 21.3 Å². The molecule has 0 N–H and O–H groups in total. The number of thiazole rings is 1. The highest BCUT2D eigenvalue weighted by Gasteiger charge is 2.21. The van der Waals surface area contributed by atoms with Gasteiger partial charge < -0.3 is 9.30 Å². The molecule has 0 aliphatic heterocycles. The molecule has 0 unspecified atom stereocenters. The molecule has 166 valence electrons. The van der Waals surface area contributed by atoms with Crippen LogP contribution < -0.4 is 4.80 Å². The monoisotopic (exact) mass is 481 g/mol. The van der Waals surface area contributed by atoms with Crippen molar-refractivity contribution in [3.8, 4) is 0 Å². The Morgan fingerprint density at radius 1 is 1.16 bits per heavy atom. The van der Waals surface area contributed by atoms with Crippen LogP contribution in [0, 0.1) is 0 Å². The van der Waals surface area contributed by atoms with Crippen molar-refractivity contribution < 1.29 is 17.9 Å². The number of carbonyl (C=O) groups is 1. The number of para-hydroxylation sites is 1. The summed E-state index contributed by atoms with van der Waals surface area (Å²) in [6.45, 7) is 5.27. The van der Waals surface area contributed by atoms with Gasteiger partial charge >= 0.3 is 0 Å². The van der Waals surface area contributed by atoms with Crippen LogP contribution in [0.2, 0.25) is 5.02 Å². The Kier molecular flexibility index (Phi) is 7.66. The molecule has 0 bridgehead atoms. The fourth-order valence-electron chi connectivity index (χ4n) is 3.20. The molecule has 1 aromatic heterocycles. The second-order valence-corrected chi connectivity index (χ2v) is 10.0. The largest absolute Gasteiger partial charge is 0.383 e. The summed E-state index contributed by atoms with van der Waals surface area (Å²) in [5, 5.41) is 0.574. The molecule has 0 atom stereocenters. The van der Waals surface area contributed by atoms with Gasteiger partial charge in [-0.3, -0.25) is 4.79 Å². The molecule has 2 aromatic carbocycles. The van der Waals surface area contributed by atoms with Crippen LogP contribution >= 0.6 is 22.9 Å². The van der Waals surface area contributed by atoms with Gasteiger partial charge in [-0.15, -0.1) is 0 Å². The zero-order chi connectivity index (χ0) is 22.6. The van der Waals surface area contributed by atoms with E-state index >= 15 is 0 Å². The number of sulfonamides is 1. The Bertz CT molecular complexity index is 1240. The highest BCUT2D eigenvalue weighted by atomic mass is 35.5. The Labute approximate surface area is 190 Å². The van der Waals surface area contributed by atoms with Gasteiger partial charge in [0, 0.05) is 32.3 Å². The van der Waals surface area contributed by atoms with E-state index in [1.807, 2.05) is 16.7 Å². The average Bonchev–Trinajstić information content (AvgIpc) is 3.11. The van der Waals surface area contributed by atoms with Gasteiger partial charge in [0.05, 0.1) is 26.7 Å². The zero-order valence-corrected chi connectivity index (χ0v) is 19.9. The van der Waals surface area contributed by atoms with Crippen LogP contribution in [0.1, 0.15) is 24.2 Å². The van der Waals surface area contributed by atoms with E-state index in [9.17, 15) is 13.2 Å². The van der Waals surface area contributed by atoms with Crippen molar-refractivity contribution in [1.29, 1.82) is 0 Å². The summed E-state index contributed by atoms with van der Waals surface area (Å²) in [4.78, 5) is 17.8. The molecule has 7 nitrogen and oxygen atoms in total. The zero-order valence-electron chi connectivity index (χ0n) is 17.5. The SMILES string of the molecule is CCN(CC)S(=O)(=O)c1ccc(C(=O)N=c2sc3cccc(Cl)c3n2CCOC)cc1. The number of methoxy groups -OCH3 is 1. The standard InChI is InChI=1S/C21H24ClN3O4S2/c1-4-24(5-2)31(27,28)16-11-9-15(10-12-16)20(26)23-21-25(13-14-29-3)19-17(22)7-6-8-18(19)30-21/h6-12H,4-5,13-14H2,1-3H3. The Morgan fingerprint density at radius 2 is 1.84 bits per heavy atom. The van der Waals surface area contributed by atoms with E-state index in [2.05, 4.69) is 4.99 Å². The lowest BCUT2D eigenvalue weighted by molar-refractivity contribution is 0.0997. The van der Waals surface area contributed by atoms with Crippen LogP contribution in [-0.4, -0.2) is 50.0 Å². The Morgan fingerprint density at radius 3 is 2.45 bits per heavy atom. The van der Waals surface area contributed by atoms with Crippen molar-refractivity contribution in [2.75, 3.05) is 26.8 Å². The number of nitrogens with zero attached hydrogens (tertiary/aromatic N) is 3. The van der Waals surface area contributed by atoms with Crippen LogP contribution in [0.15, 0.2) is 52.4 Å². The van der Waals surface area contributed by atoms with Gasteiger partial charge in [-0.2, -0.15) is 9.30 Å². The van der Waals surface area contributed by atoms with E-state index in [1.165, 1.54) is 39.9 Å². The summed E-state index contributed by atoms with van der Waals surface area (Å²) in [5.74, 6) is -0.458. The number of hydrogen-bond donors (Lipinski definition) is 0. The summed E-state index contributed by atoms with van der Waals surface area (Å²) < 4.78 is 34.6. The first kappa shape index (κ1) is 23.6. The number of fused-ring (bicyclic) bond motifs is 1. The van der Waals surface area contributed by atoms with E-state index in [0.29, 0.717) is 41.6 Å². The highest BCUT2D eigenvalue weighted by Crippen LogP contribution is 2.25. The molecular weight excluding hydrogens is 458 g/mol. The molecule has 0 aliphatic carbocycles. The number of ether oxygens (including phenoxy) is 1. The van der Waals surface area contributed by atoms with Gasteiger partial charge in [0.2, 0.25) is 10.0 Å². The van der Waals surface area contributed by atoms with E-state index in [1.54, 1.807) is 27.0 Å². The van der Waals surface area contributed by atoms with Crippen LogP contribution in [0.4, 0.5) is 0 Å². The van der Waals surface area contributed by atoms with E-state index in [4.69, 9.17) is 16.3 Å². The first-order chi connectivity index (χ1) is 14.8. The molecule has 10 heteroatoms. The first-order valence-electron chi connectivity index (χ1n) is 9.79. The lowest BCUT2D eigenvalue weighted by Crippen LogP contribution is -2.30. The quantitative estimate of drug-likeness (QED) is 0.490. The minimum atomic E-state index is -3.58. The predicted octanol–water partition coefficient (Wildman–Crippen LogP) is 3.77. The number of carbonyl (C=O) groups excluding carboxylic acids is 1. The number of rotatable bonds is 8. The van der Waals surface area contributed by atoms with E-state index < -0.39 is 15.9 Å². The van der Waals surface area contributed by atoms with Crippen LogP contribution in [0.5, 0.6) is 0 Å². The topological polar surface area (TPSA) is 81.0 Å². The normalized spacial score (nSPS) is 12.7. The maximum absolute atomic E-state index is 12.8. The fraction of sp³-hybridized carbons (Fsp3) is 0.333. The Hall–Kier alpha value is -2.04. The van der Waals surface area contributed by atoms with Crippen LogP contribution in [0.25, 0.3) is 10.2 Å². The second-order valence-electron chi connectivity index (χ2n) is 6.65. The fourth-order valence-corrected chi connectivity index (χ4v) is 6.07. The molecular formula is C21H24ClN3O4S2. The number of amides is 1. The molecule has 0 saturated heterocycles. The maximum Gasteiger partial charge on any atom is 0.279 e. The summed E-state index contributed by atoms with van der Waals surface area (Å²) in [6.07, 6.45) is 0. The summed E-state index contributed by atoms with van der Waals surface area (Å²) >= 11 is 7.74. The van der Waals surface area contributed by atoms with Gasteiger partial charge in [0.1, 0.15) is 0 Å². The van der Waals surface area contributed by atoms with E-state index in [-0.39, 0.29) is 4.90 Å². The molecule has 3 rings (SSSR count). The molecule has 3 aromatic rings. The van der Waals surface area contributed by atoms with Crippen molar-refractivity contribution in [3.05, 3.63) is 57.9 Å². The molecule has 0 aliphatic rings. The smallest absolute Gasteiger partial charge is 0.279 e. The lowest BCUT2D eigenvalue weighted by Gasteiger charge is -2.18. The number of hydrogen-bond acceptors (Lipinski definition) is 5. The molecule has 31 heavy (non-hydrogen) atoms. The molecule has 1 heterocycles. The van der Waals surface area contributed by atoms with E-state index in [0.717, 1.165) is 10.2 Å². The molecule has 1 amide bonds.